The quantitative estimate of drug-likeness (QED) is 0.824. The van der Waals surface area contributed by atoms with E-state index in [2.05, 4.69) is 4.74 Å². The summed E-state index contributed by atoms with van der Waals surface area (Å²) in [5.74, 6) is -4.28. The molecule has 1 aromatic heterocycles. The highest BCUT2D eigenvalue weighted by Crippen LogP contribution is 2.36. The van der Waals surface area contributed by atoms with Crippen molar-refractivity contribution in [3.8, 4) is 0 Å². The van der Waals surface area contributed by atoms with Crippen LogP contribution >= 0.6 is 0 Å². The number of rotatable bonds is 3. The van der Waals surface area contributed by atoms with Crippen LogP contribution in [-0.2, 0) is 17.7 Å². The summed E-state index contributed by atoms with van der Waals surface area (Å²) in [6.45, 7) is 1.68. The maximum absolute atomic E-state index is 13.6. The molecule has 96 valence electrons. The van der Waals surface area contributed by atoms with E-state index in [0.717, 1.165) is 7.11 Å². The van der Waals surface area contributed by atoms with Gasteiger partial charge in [-0.15, -0.1) is 0 Å². The first-order chi connectivity index (χ1) is 7.77. The lowest BCUT2D eigenvalue weighted by Gasteiger charge is -2.15. The van der Waals surface area contributed by atoms with Crippen molar-refractivity contribution in [2.75, 3.05) is 13.7 Å². The smallest absolute Gasteiger partial charge is 0.340 e. The van der Waals surface area contributed by atoms with Gasteiger partial charge in [0.2, 0.25) is 0 Å². The van der Waals surface area contributed by atoms with Gasteiger partial charge in [0.25, 0.3) is 5.92 Å². The Labute approximate surface area is 97.8 Å². The fourth-order valence-corrected chi connectivity index (χ4v) is 1.83. The first-order valence-corrected chi connectivity index (χ1v) is 5.01. The predicted octanol–water partition coefficient (Wildman–Crippen LogP) is 1.51. The van der Waals surface area contributed by atoms with Crippen LogP contribution in [0, 0.1) is 13.8 Å². The van der Waals surface area contributed by atoms with E-state index >= 15 is 0 Å². The lowest BCUT2D eigenvalue weighted by atomic mass is 10.0. The number of aliphatic hydroxyl groups excluding tert-OH is 1. The SMILES string of the molecule is COC(=O)c1c(C(F)(F)CO)c(C)n(C)c1C. The van der Waals surface area contributed by atoms with Crippen molar-refractivity contribution in [1.29, 1.82) is 0 Å². The summed E-state index contributed by atoms with van der Waals surface area (Å²) in [6.07, 6.45) is 0. The molecule has 17 heavy (non-hydrogen) atoms. The van der Waals surface area contributed by atoms with Crippen molar-refractivity contribution in [2.45, 2.75) is 19.8 Å². The van der Waals surface area contributed by atoms with Gasteiger partial charge in [-0.1, -0.05) is 0 Å². The van der Waals surface area contributed by atoms with E-state index in [9.17, 15) is 13.6 Å². The Morgan fingerprint density at radius 3 is 2.35 bits per heavy atom. The molecule has 4 nitrogen and oxygen atoms in total. The minimum absolute atomic E-state index is 0.174. The lowest BCUT2D eigenvalue weighted by molar-refractivity contribution is -0.0568. The predicted molar refractivity (Wildman–Crippen MR) is 57.2 cm³/mol. The van der Waals surface area contributed by atoms with Crippen LogP contribution in [0.1, 0.15) is 27.3 Å². The van der Waals surface area contributed by atoms with E-state index in [0.29, 0.717) is 5.69 Å². The Morgan fingerprint density at radius 2 is 1.94 bits per heavy atom. The number of carbonyl (C=O) groups excluding carboxylic acids is 1. The largest absolute Gasteiger partial charge is 0.465 e. The van der Waals surface area contributed by atoms with Gasteiger partial charge < -0.3 is 14.4 Å². The van der Waals surface area contributed by atoms with Crippen molar-refractivity contribution < 1.29 is 23.4 Å². The van der Waals surface area contributed by atoms with Gasteiger partial charge in [-0.05, 0) is 13.8 Å². The lowest BCUT2D eigenvalue weighted by Crippen LogP contribution is -2.22. The Kier molecular flexibility index (Phi) is 3.56. The van der Waals surface area contributed by atoms with Gasteiger partial charge in [0.15, 0.2) is 0 Å². The topological polar surface area (TPSA) is 51.5 Å². The molecule has 0 unspecified atom stereocenters. The summed E-state index contributed by atoms with van der Waals surface area (Å²) in [5, 5.41) is 8.74. The Morgan fingerprint density at radius 1 is 1.41 bits per heavy atom. The van der Waals surface area contributed by atoms with Gasteiger partial charge in [-0.3, -0.25) is 0 Å². The number of methoxy groups -OCH3 is 1. The van der Waals surface area contributed by atoms with Crippen molar-refractivity contribution in [2.24, 2.45) is 7.05 Å². The Balaban J connectivity index is 3.58. The summed E-state index contributed by atoms with van der Waals surface area (Å²) in [7, 11) is 2.71. The average Bonchev–Trinajstić information content (AvgIpc) is 2.53. The van der Waals surface area contributed by atoms with Crippen LogP contribution in [0.3, 0.4) is 0 Å². The summed E-state index contributed by atoms with van der Waals surface area (Å²) >= 11 is 0. The van der Waals surface area contributed by atoms with Gasteiger partial charge in [-0.25, -0.2) is 4.79 Å². The van der Waals surface area contributed by atoms with Gasteiger partial charge in [-0.2, -0.15) is 8.78 Å². The molecule has 0 atom stereocenters. The number of alkyl halides is 2. The summed E-state index contributed by atoms with van der Waals surface area (Å²) in [5.41, 5.74) is -0.0159. The molecule has 0 radical (unpaired) electrons. The molecular formula is C11H15F2NO3. The molecule has 0 spiro atoms. The number of nitrogens with zero attached hydrogens (tertiary/aromatic N) is 1. The second-order valence-corrected chi connectivity index (χ2v) is 3.83. The monoisotopic (exact) mass is 247 g/mol. The summed E-state index contributed by atoms with van der Waals surface area (Å²) < 4.78 is 33.2. The third-order valence-corrected chi connectivity index (χ3v) is 2.93. The van der Waals surface area contributed by atoms with Crippen LogP contribution in [0.4, 0.5) is 8.78 Å². The molecule has 6 heteroatoms. The maximum Gasteiger partial charge on any atom is 0.340 e. The minimum Gasteiger partial charge on any atom is -0.465 e. The van der Waals surface area contributed by atoms with Gasteiger partial charge >= 0.3 is 5.97 Å². The Bertz CT molecular complexity index is 452. The Hall–Kier alpha value is -1.43. The van der Waals surface area contributed by atoms with Crippen molar-refractivity contribution in [3.63, 3.8) is 0 Å². The van der Waals surface area contributed by atoms with E-state index in [1.807, 2.05) is 0 Å². The molecule has 0 aliphatic rings. The highest BCUT2D eigenvalue weighted by atomic mass is 19.3. The van der Waals surface area contributed by atoms with Crippen LogP contribution in [0.15, 0.2) is 0 Å². The van der Waals surface area contributed by atoms with Crippen molar-refractivity contribution >= 4 is 5.97 Å². The van der Waals surface area contributed by atoms with E-state index in [-0.39, 0.29) is 11.3 Å². The number of halogens is 2. The molecule has 0 amide bonds. The van der Waals surface area contributed by atoms with E-state index in [1.165, 1.54) is 11.5 Å². The highest BCUT2D eigenvalue weighted by Gasteiger charge is 2.40. The van der Waals surface area contributed by atoms with Crippen molar-refractivity contribution in [3.05, 3.63) is 22.5 Å². The molecule has 0 aliphatic heterocycles. The standard InChI is InChI=1S/C11H15F2NO3/c1-6-8(10(16)17-4)9(7(2)14(6)3)11(12,13)5-15/h15H,5H2,1-4H3. The number of aliphatic hydroxyl groups is 1. The number of esters is 1. The molecule has 0 saturated carbocycles. The van der Waals surface area contributed by atoms with Crippen LogP contribution in [0.2, 0.25) is 0 Å². The molecule has 0 bridgehead atoms. The van der Waals surface area contributed by atoms with Crippen LogP contribution in [0.25, 0.3) is 0 Å². The molecule has 1 heterocycles. The zero-order valence-electron chi connectivity index (χ0n) is 10.2. The molecule has 0 aromatic carbocycles. The molecule has 0 fully saturated rings. The molecule has 1 N–H and O–H groups in total. The zero-order chi connectivity index (χ0) is 13.4. The van der Waals surface area contributed by atoms with Gasteiger partial charge in [0, 0.05) is 18.4 Å². The van der Waals surface area contributed by atoms with Crippen LogP contribution in [0.5, 0.6) is 0 Å². The second kappa shape index (κ2) is 4.44. The van der Waals surface area contributed by atoms with Gasteiger partial charge in [0.05, 0.1) is 18.2 Å². The van der Waals surface area contributed by atoms with E-state index in [1.54, 1.807) is 14.0 Å². The number of ether oxygens (including phenoxy) is 1. The fraction of sp³-hybridized carbons (Fsp3) is 0.545. The molecule has 1 aromatic rings. The minimum atomic E-state index is -3.46. The molecular weight excluding hydrogens is 232 g/mol. The number of aromatic nitrogens is 1. The normalized spacial score (nSPS) is 11.7. The highest BCUT2D eigenvalue weighted by molar-refractivity contribution is 5.93. The molecule has 1 rings (SSSR count). The van der Waals surface area contributed by atoms with E-state index < -0.39 is 24.1 Å². The van der Waals surface area contributed by atoms with Crippen LogP contribution < -0.4 is 0 Å². The average molecular weight is 247 g/mol. The van der Waals surface area contributed by atoms with E-state index in [4.69, 9.17) is 5.11 Å². The third kappa shape index (κ3) is 2.04. The first kappa shape index (κ1) is 13.6. The van der Waals surface area contributed by atoms with Gasteiger partial charge in [0.1, 0.15) is 6.61 Å². The van der Waals surface area contributed by atoms with Crippen LogP contribution in [-0.4, -0.2) is 29.4 Å². The molecule has 0 aliphatic carbocycles. The first-order valence-electron chi connectivity index (χ1n) is 5.01. The van der Waals surface area contributed by atoms with Crippen molar-refractivity contribution in [1.82, 2.24) is 4.57 Å². The third-order valence-electron chi connectivity index (χ3n) is 2.93. The second-order valence-electron chi connectivity index (χ2n) is 3.83. The molecule has 0 saturated heterocycles. The number of hydrogen-bond donors (Lipinski definition) is 1. The summed E-state index contributed by atoms with van der Waals surface area (Å²) in [4.78, 5) is 11.5. The zero-order valence-corrected chi connectivity index (χ0v) is 10.2. The fourth-order valence-electron chi connectivity index (χ4n) is 1.83. The maximum atomic E-state index is 13.6. The number of hydrogen-bond acceptors (Lipinski definition) is 3. The number of carbonyl (C=O) groups is 1. The summed E-state index contributed by atoms with van der Waals surface area (Å²) in [6, 6.07) is 0.